The molecule has 0 spiro atoms. The Morgan fingerprint density at radius 2 is 1.82 bits per heavy atom. The van der Waals surface area contributed by atoms with Crippen molar-refractivity contribution in [3.8, 4) is 0 Å². The standard InChI is InChI=1S/C20H37N3O4S/c1-5-11-16-19-17(23(20(16)25)28(4,26)27)13-15-22(19)18(24)12-9-8-10-14-21(6-2)7-3/h16-17,19H,5-15H2,1-4H3/t16-,17+,19-/m1/s1. The van der Waals surface area contributed by atoms with E-state index in [2.05, 4.69) is 18.7 Å². The van der Waals surface area contributed by atoms with Crippen LogP contribution < -0.4 is 0 Å². The number of carbonyl (C=O) groups is 2. The predicted octanol–water partition coefficient (Wildman–Crippen LogP) is 2.08. The van der Waals surface area contributed by atoms with Crippen LogP contribution in [0.4, 0.5) is 0 Å². The van der Waals surface area contributed by atoms with Gasteiger partial charge in [-0.3, -0.25) is 9.59 Å². The summed E-state index contributed by atoms with van der Waals surface area (Å²) in [5.41, 5.74) is 0. The average molecular weight is 416 g/mol. The molecule has 2 heterocycles. The van der Waals surface area contributed by atoms with E-state index in [1.54, 1.807) is 4.90 Å². The Hall–Kier alpha value is -1.15. The fraction of sp³-hybridized carbons (Fsp3) is 0.900. The van der Waals surface area contributed by atoms with Gasteiger partial charge in [-0.25, -0.2) is 12.7 Å². The second-order valence-corrected chi connectivity index (χ2v) is 9.92. The summed E-state index contributed by atoms with van der Waals surface area (Å²) in [6.45, 7) is 10.0. The van der Waals surface area contributed by atoms with E-state index < -0.39 is 10.0 Å². The first-order valence-corrected chi connectivity index (χ1v) is 12.7. The third kappa shape index (κ3) is 5.06. The highest BCUT2D eigenvalue weighted by Gasteiger charge is 2.56. The maximum absolute atomic E-state index is 12.8. The van der Waals surface area contributed by atoms with Gasteiger partial charge in [0, 0.05) is 13.0 Å². The molecule has 2 rings (SSSR count). The molecule has 2 aliphatic rings. The van der Waals surface area contributed by atoms with Crippen molar-refractivity contribution < 1.29 is 18.0 Å². The summed E-state index contributed by atoms with van der Waals surface area (Å²) in [6, 6.07) is -0.670. The van der Waals surface area contributed by atoms with Crippen molar-refractivity contribution in [1.29, 1.82) is 0 Å². The monoisotopic (exact) mass is 415 g/mol. The summed E-state index contributed by atoms with van der Waals surface area (Å²) in [5.74, 6) is -0.644. The van der Waals surface area contributed by atoms with Crippen molar-refractivity contribution >= 4 is 21.8 Å². The van der Waals surface area contributed by atoms with Gasteiger partial charge in [0.25, 0.3) is 0 Å². The van der Waals surface area contributed by atoms with E-state index in [9.17, 15) is 18.0 Å². The molecule has 0 radical (unpaired) electrons. The van der Waals surface area contributed by atoms with E-state index in [-0.39, 0.29) is 29.8 Å². The molecule has 0 N–H and O–H groups in total. The minimum absolute atomic E-state index is 0.0691. The lowest BCUT2D eigenvalue weighted by Gasteiger charge is -2.27. The van der Waals surface area contributed by atoms with Crippen LogP contribution in [-0.2, 0) is 19.6 Å². The SMILES string of the molecule is CCC[C@H]1C(=O)N(S(C)(=O)=O)[C@H]2CCN(C(=O)CCCCCN(CC)CC)[C@H]12. The Morgan fingerprint density at radius 1 is 1.14 bits per heavy atom. The molecule has 3 atom stereocenters. The molecule has 0 aliphatic carbocycles. The van der Waals surface area contributed by atoms with Gasteiger partial charge in [0.05, 0.1) is 24.3 Å². The van der Waals surface area contributed by atoms with Crippen LogP contribution in [0, 0.1) is 5.92 Å². The highest BCUT2D eigenvalue weighted by molar-refractivity contribution is 7.88. The zero-order valence-corrected chi connectivity index (χ0v) is 18.7. The zero-order chi connectivity index (χ0) is 20.9. The van der Waals surface area contributed by atoms with Crippen molar-refractivity contribution in [1.82, 2.24) is 14.1 Å². The van der Waals surface area contributed by atoms with Gasteiger partial charge < -0.3 is 9.80 Å². The van der Waals surface area contributed by atoms with E-state index >= 15 is 0 Å². The summed E-state index contributed by atoms with van der Waals surface area (Å²) in [5, 5.41) is 0. The number of rotatable bonds is 11. The van der Waals surface area contributed by atoms with Crippen LogP contribution in [0.25, 0.3) is 0 Å². The summed E-state index contributed by atoms with van der Waals surface area (Å²) in [4.78, 5) is 29.8. The Kier molecular flexibility index (Phi) is 8.30. The molecule has 0 aromatic carbocycles. The summed E-state index contributed by atoms with van der Waals surface area (Å²) in [7, 11) is -3.60. The number of unbranched alkanes of at least 4 members (excludes halogenated alkanes) is 2. The Labute approximate surface area is 170 Å². The van der Waals surface area contributed by atoms with Crippen molar-refractivity contribution in [3.63, 3.8) is 0 Å². The first-order chi connectivity index (χ1) is 13.3. The largest absolute Gasteiger partial charge is 0.337 e. The topological polar surface area (TPSA) is 78.0 Å². The highest BCUT2D eigenvalue weighted by atomic mass is 32.2. The van der Waals surface area contributed by atoms with Crippen LogP contribution in [-0.4, -0.2) is 78.9 Å². The van der Waals surface area contributed by atoms with Crippen LogP contribution in [0.1, 0.15) is 65.7 Å². The second kappa shape index (κ2) is 10.1. The van der Waals surface area contributed by atoms with E-state index in [1.165, 1.54) is 0 Å². The van der Waals surface area contributed by atoms with Gasteiger partial charge in [-0.05, 0) is 45.3 Å². The fourth-order valence-corrected chi connectivity index (χ4v) is 5.97. The molecule has 162 valence electrons. The molecule has 7 nitrogen and oxygen atoms in total. The predicted molar refractivity (Wildman–Crippen MR) is 110 cm³/mol. The van der Waals surface area contributed by atoms with Crippen LogP contribution in [0.2, 0.25) is 0 Å². The number of nitrogens with zero attached hydrogens (tertiary/aromatic N) is 3. The minimum Gasteiger partial charge on any atom is -0.337 e. The number of hydrogen-bond acceptors (Lipinski definition) is 5. The van der Waals surface area contributed by atoms with Crippen LogP contribution in [0.5, 0.6) is 0 Å². The zero-order valence-electron chi connectivity index (χ0n) is 17.9. The molecule has 0 aromatic rings. The molecular weight excluding hydrogens is 378 g/mol. The third-order valence-electron chi connectivity index (χ3n) is 6.20. The number of carbonyl (C=O) groups excluding carboxylic acids is 2. The lowest BCUT2D eigenvalue weighted by Crippen LogP contribution is -2.43. The summed E-state index contributed by atoms with van der Waals surface area (Å²) in [6.07, 6.45) is 6.48. The smallest absolute Gasteiger partial charge is 0.241 e. The van der Waals surface area contributed by atoms with E-state index in [4.69, 9.17) is 0 Å². The number of fused-ring (bicyclic) bond motifs is 1. The Balaban J connectivity index is 1.95. The third-order valence-corrected chi connectivity index (χ3v) is 7.37. The first kappa shape index (κ1) is 23.1. The average Bonchev–Trinajstić information content (AvgIpc) is 3.16. The van der Waals surface area contributed by atoms with Crippen molar-refractivity contribution in [2.75, 3.05) is 32.4 Å². The molecule has 2 saturated heterocycles. The minimum atomic E-state index is -3.60. The number of sulfonamides is 1. The Morgan fingerprint density at radius 3 is 2.39 bits per heavy atom. The van der Waals surface area contributed by atoms with Crippen molar-refractivity contribution in [2.24, 2.45) is 5.92 Å². The lowest BCUT2D eigenvalue weighted by atomic mass is 9.94. The second-order valence-electron chi connectivity index (χ2n) is 8.06. The van der Waals surface area contributed by atoms with E-state index in [0.29, 0.717) is 25.8 Å². The van der Waals surface area contributed by atoms with E-state index in [1.807, 2.05) is 6.92 Å². The molecule has 8 heteroatoms. The van der Waals surface area contributed by atoms with Gasteiger partial charge in [0.2, 0.25) is 21.8 Å². The highest BCUT2D eigenvalue weighted by Crippen LogP contribution is 2.40. The van der Waals surface area contributed by atoms with Gasteiger partial charge in [-0.15, -0.1) is 0 Å². The molecule has 0 aromatic heterocycles. The number of amides is 2. The van der Waals surface area contributed by atoms with Crippen LogP contribution in [0.3, 0.4) is 0 Å². The lowest BCUT2D eigenvalue weighted by molar-refractivity contribution is -0.134. The molecule has 28 heavy (non-hydrogen) atoms. The number of hydrogen-bond donors (Lipinski definition) is 0. The quantitative estimate of drug-likeness (QED) is 0.483. The molecule has 0 unspecified atom stereocenters. The summed E-state index contributed by atoms with van der Waals surface area (Å²) < 4.78 is 25.4. The van der Waals surface area contributed by atoms with E-state index in [0.717, 1.165) is 55.9 Å². The van der Waals surface area contributed by atoms with Gasteiger partial charge in [-0.1, -0.05) is 33.6 Å². The van der Waals surface area contributed by atoms with Crippen molar-refractivity contribution in [2.45, 2.75) is 77.8 Å². The Bertz CT molecular complexity index is 648. The van der Waals surface area contributed by atoms with Gasteiger partial charge in [-0.2, -0.15) is 0 Å². The molecule has 0 bridgehead atoms. The summed E-state index contributed by atoms with van der Waals surface area (Å²) >= 11 is 0. The molecule has 2 aliphatic heterocycles. The van der Waals surface area contributed by atoms with Crippen LogP contribution >= 0.6 is 0 Å². The fourth-order valence-electron chi connectivity index (χ4n) is 4.79. The number of likely N-dealkylation sites (tertiary alicyclic amines) is 1. The molecule has 2 amide bonds. The molecular formula is C20H37N3O4S. The normalized spacial score (nSPS) is 25.0. The van der Waals surface area contributed by atoms with Gasteiger partial charge in [0.1, 0.15) is 0 Å². The molecule has 0 saturated carbocycles. The maximum Gasteiger partial charge on any atom is 0.241 e. The van der Waals surface area contributed by atoms with Gasteiger partial charge in [0.15, 0.2) is 0 Å². The van der Waals surface area contributed by atoms with Gasteiger partial charge >= 0.3 is 0 Å². The first-order valence-electron chi connectivity index (χ1n) is 10.8. The maximum atomic E-state index is 12.8. The van der Waals surface area contributed by atoms with Crippen LogP contribution in [0.15, 0.2) is 0 Å². The van der Waals surface area contributed by atoms with Crippen molar-refractivity contribution in [3.05, 3.63) is 0 Å². The molecule has 2 fully saturated rings.